The van der Waals surface area contributed by atoms with Crippen molar-refractivity contribution in [2.24, 2.45) is 0 Å². The summed E-state index contributed by atoms with van der Waals surface area (Å²) >= 11 is 0. The molecular weight excluding hydrogens is 527 g/mol. The molecule has 3 amide bonds. The largest absolute Gasteiger partial charge is 0.444 e. The van der Waals surface area contributed by atoms with Crippen molar-refractivity contribution in [1.29, 1.82) is 0 Å². The van der Waals surface area contributed by atoms with Crippen molar-refractivity contribution < 1.29 is 28.2 Å². The molecule has 3 rings (SSSR count). The molecule has 0 aliphatic rings. The summed E-state index contributed by atoms with van der Waals surface area (Å²) in [7, 11) is 0. The molecule has 0 saturated heterocycles. The fourth-order valence-corrected chi connectivity index (χ4v) is 4.23. The lowest BCUT2D eigenvalue weighted by atomic mass is 10.0. The molecule has 1 atom stereocenters. The van der Waals surface area contributed by atoms with Gasteiger partial charge in [0.05, 0.1) is 0 Å². The number of H-pyrrole nitrogens is 1. The van der Waals surface area contributed by atoms with E-state index in [1.54, 1.807) is 53.7 Å². The van der Waals surface area contributed by atoms with Gasteiger partial charge in [-0.15, -0.1) is 0 Å². The maximum atomic E-state index is 13.4. The normalized spacial score (nSPS) is 12.5. The molecule has 0 aliphatic carbocycles. The molecule has 10 heteroatoms. The molecule has 0 bridgehead atoms. The lowest BCUT2D eigenvalue weighted by Gasteiger charge is -2.24. The number of alkyl carbamates (subject to hydrolysis) is 2. The van der Waals surface area contributed by atoms with Crippen LogP contribution in [0.25, 0.3) is 22.0 Å². The van der Waals surface area contributed by atoms with Crippen LogP contribution >= 0.6 is 0 Å². The summed E-state index contributed by atoms with van der Waals surface area (Å²) in [6.45, 7) is 13.0. The van der Waals surface area contributed by atoms with E-state index in [0.717, 1.165) is 27.6 Å². The molecule has 0 aliphatic heterocycles. The van der Waals surface area contributed by atoms with Crippen molar-refractivity contribution in [3.05, 3.63) is 59.5 Å². The van der Waals surface area contributed by atoms with E-state index in [1.165, 1.54) is 12.1 Å². The Bertz CT molecular complexity index is 1370. The summed E-state index contributed by atoms with van der Waals surface area (Å²) in [5, 5.41) is 9.31. The second-order valence-corrected chi connectivity index (χ2v) is 12.0. The number of rotatable bonds is 9. The number of fused-ring (bicyclic) bond motifs is 1. The number of amides is 3. The first kappa shape index (κ1) is 31.4. The van der Waals surface area contributed by atoms with E-state index >= 15 is 0 Å². The van der Waals surface area contributed by atoms with Gasteiger partial charge in [0.15, 0.2) is 0 Å². The van der Waals surface area contributed by atoms with Crippen LogP contribution in [0.2, 0.25) is 0 Å². The molecule has 0 saturated carbocycles. The average Bonchev–Trinajstić information content (AvgIpc) is 3.19. The van der Waals surface area contributed by atoms with Crippen LogP contribution in [0.4, 0.5) is 14.0 Å². The second-order valence-electron chi connectivity index (χ2n) is 12.0. The van der Waals surface area contributed by atoms with E-state index in [4.69, 9.17) is 9.47 Å². The number of aromatic amines is 1. The maximum absolute atomic E-state index is 13.4. The smallest absolute Gasteiger partial charge is 0.407 e. The van der Waals surface area contributed by atoms with Crippen LogP contribution in [0.5, 0.6) is 0 Å². The van der Waals surface area contributed by atoms with Crippen LogP contribution in [0, 0.1) is 12.7 Å². The summed E-state index contributed by atoms with van der Waals surface area (Å²) in [4.78, 5) is 40.8. The molecule has 0 fully saturated rings. The minimum atomic E-state index is -0.676. The zero-order chi connectivity index (χ0) is 30.4. The van der Waals surface area contributed by atoms with Crippen LogP contribution in [0.1, 0.15) is 70.4 Å². The molecule has 0 radical (unpaired) electrons. The van der Waals surface area contributed by atoms with E-state index in [1.807, 2.05) is 25.1 Å². The number of hydrogen-bond donors (Lipinski definition) is 4. The fourth-order valence-electron chi connectivity index (χ4n) is 4.23. The van der Waals surface area contributed by atoms with Crippen molar-refractivity contribution in [1.82, 2.24) is 20.9 Å². The van der Waals surface area contributed by atoms with E-state index in [9.17, 15) is 18.8 Å². The SMILES string of the molecule is Cc1c(C(=O)NC[C@H](CCCNC(=O)OC(C)(C)C)NC(=O)OC(C)(C)C)[nH]c2ccc(-c3ccc(F)cc3)cc12. The third-order valence-corrected chi connectivity index (χ3v) is 6.09. The van der Waals surface area contributed by atoms with E-state index in [-0.39, 0.29) is 18.3 Å². The first-order valence-electron chi connectivity index (χ1n) is 13.7. The highest BCUT2D eigenvalue weighted by molar-refractivity contribution is 6.01. The van der Waals surface area contributed by atoms with Gasteiger partial charge in [-0.3, -0.25) is 4.79 Å². The monoisotopic (exact) mass is 568 g/mol. The van der Waals surface area contributed by atoms with Crippen LogP contribution in [0.3, 0.4) is 0 Å². The number of aryl methyl sites for hydroxylation is 1. The predicted octanol–water partition coefficient (Wildman–Crippen LogP) is 6.21. The maximum Gasteiger partial charge on any atom is 0.407 e. The minimum absolute atomic E-state index is 0.153. The van der Waals surface area contributed by atoms with Gasteiger partial charge in [-0.1, -0.05) is 18.2 Å². The Labute approximate surface area is 240 Å². The molecule has 41 heavy (non-hydrogen) atoms. The van der Waals surface area contributed by atoms with Gasteiger partial charge < -0.3 is 30.4 Å². The van der Waals surface area contributed by atoms with Gasteiger partial charge in [-0.05, 0) is 102 Å². The van der Waals surface area contributed by atoms with Crippen LogP contribution in [-0.4, -0.2) is 53.4 Å². The van der Waals surface area contributed by atoms with E-state index in [0.29, 0.717) is 25.1 Å². The molecule has 0 unspecified atom stereocenters. The number of ether oxygens (including phenoxy) is 2. The first-order chi connectivity index (χ1) is 19.1. The van der Waals surface area contributed by atoms with Crippen molar-refractivity contribution in [2.45, 2.75) is 78.6 Å². The number of carbonyl (C=O) groups excluding carboxylic acids is 3. The third-order valence-electron chi connectivity index (χ3n) is 6.09. The topological polar surface area (TPSA) is 122 Å². The molecule has 0 spiro atoms. The van der Waals surface area contributed by atoms with Crippen molar-refractivity contribution in [2.75, 3.05) is 13.1 Å². The van der Waals surface area contributed by atoms with Crippen molar-refractivity contribution >= 4 is 29.0 Å². The van der Waals surface area contributed by atoms with Gasteiger partial charge >= 0.3 is 12.2 Å². The number of hydrogen-bond acceptors (Lipinski definition) is 5. The molecule has 9 nitrogen and oxygen atoms in total. The zero-order valence-electron chi connectivity index (χ0n) is 24.9. The standard InChI is InChI=1S/C31H41FN4O5/c1-19-24-17-21(20-10-13-22(32)14-11-20)12-15-25(24)36-26(19)27(37)34-18-23(35-29(39)41-31(5,6)7)9-8-16-33-28(38)40-30(2,3)4/h10-15,17,23,36H,8-9,16,18H2,1-7H3,(H,33,38)(H,34,37)(H,35,39)/t23-/m0/s1. The highest BCUT2D eigenvalue weighted by Crippen LogP contribution is 2.28. The molecule has 1 aromatic heterocycles. The highest BCUT2D eigenvalue weighted by atomic mass is 19.1. The molecule has 222 valence electrons. The molecular formula is C31H41FN4O5. The van der Waals surface area contributed by atoms with Crippen molar-refractivity contribution in [3.63, 3.8) is 0 Å². The number of aromatic nitrogens is 1. The highest BCUT2D eigenvalue weighted by Gasteiger charge is 2.22. The van der Waals surface area contributed by atoms with E-state index < -0.39 is 29.4 Å². The second kappa shape index (κ2) is 13.1. The number of halogens is 1. The Balaban J connectivity index is 1.66. The minimum Gasteiger partial charge on any atom is -0.444 e. The number of nitrogens with one attached hydrogen (secondary N) is 4. The summed E-state index contributed by atoms with van der Waals surface area (Å²) < 4.78 is 24.0. The van der Waals surface area contributed by atoms with Gasteiger partial charge in [0.2, 0.25) is 0 Å². The quantitative estimate of drug-likeness (QED) is 0.229. The Hall–Kier alpha value is -4.08. The summed E-state index contributed by atoms with van der Waals surface area (Å²) in [6, 6.07) is 11.6. The number of benzene rings is 2. The summed E-state index contributed by atoms with van der Waals surface area (Å²) in [6.07, 6.45) is -0.0962. The Kier molecular flexibility index (Phi) is 10.0. The van der Waals surface area contributed by atoms with Gasteiger partial charge in [0, 0.05) is 30.0 Å². The predicted molar refractivity (Wildman–Crippen MR) is 157 cm³/mol. The zero-order valence-corrected chi connectivity index (χ0v) is 24.9. The van der Waals surface area contributed by atoms with Crippen LogP contribution in [-0.2, 0) is 9.47 Å². The fraction of sp³-hybridized carbons (Fsp3) is 0.452. The van der Waals surface area contributed by atoms with Gasteiger partial charge in [0.25, 0.3) is 5.91 Å². The molecule has 4 N–H and O–H groups in total. The lowest BCUT2D eigenvalue weighted by molar-refractivity contribution is 0.0487. The van der Waals surface area contributed by atoms with Crippen molar-refractivity contribution in [3.8, 4) is 11.1 Å². The summed E-state index contributed by atoms with van der Waals surface area (Å²) in [5.74, 6) is -0.615. The van der Waals surface area contributed by atoms with Crippen LogP contribution in [0.15, 0.2) is 42.5 Å². The molecule has 3 aromatic rings. The summed E-state index contributed by atoms with van der Waals surface area (Å²) in [5.41, 5.74) is 2.50. The van der Waals surface area contributed by atoms with Gasteiger partial charge in [0.1, 0.15) is 22.7 Å². The Morgan fingerprint density at radius 1 is 0.878 bits per heavy atom. The Morgan fingerprint density at radius 2 is 1.49 bits per heavy atom. The van der Waals surface area contributed by atoms with E-state index in [2.05, 4.69) is 20.9 Å². The van der Waals surface area contributed by atoms with Crippen LogP contribution < -0.4 is 16.0 Å². The number of carbonyl (C=O) groups is 3. The Morgan fingerprint density at radius 3 is 2.12 bits per heavy atom. The average molecular weight is 569 g/mol. The third kappa shape index (κ3) is 9.81. The lowest BCUT2D eigenvalue weighted by Crippen LogP contribution is -2.46. The molecule has 2 aromatic carbocycles. The van der Waals surface area contributed by atoms with Gasteiger partial charge in [-0.2, -0.15) is 0 Å². The first-order valence-corrected chi connectivity index (χ1v) is 13.7. The van der Waals surface area contributed by atoms with Gasteiger partial charge in [-0.25, -0.2) is 14.0 Å². The molecule has 1 heterocycles.